The summed E-state index contributed by atoms with van der Waals surface area (Å²) in [4.78, 5) is 0. The summed E-state index contributed by atoms with van der Waals surface area (Å²) in [6.45, 7) is 3.26. The molecule has 1 aliphatic heterocycles. The van der Waals surface area contributed by atoms with Crippen molar-refractivity contribution in [2.24, 2.45) is 0 Å². The van der Waals surface area contributed by atoms with Gasteiger partial charge in [0, 0.05) is 13.2 Å². The van der Waals surface area contributed by atoms with Crippen molar-refractivity contribution in [1.82, 2.24) is 5.32 Å². The van der Waals surface area contributed by atoms with Crippen LogP contribution in [0.15, 0.2) is 0 Å². The predicted molar refractivity (Wildman–Crippen MR) is 48.1 cm³/mol. The molecule has 3 nitrogen and oxygen atoms in total. The van der Waals surface area contributed by atoms with Gasteiger partial charge >= 0.3 is 0 Å². The zero-order chi connectivity index (χ0) is 9.03. The topological polar surface area (TPSA) is 41.5 Å². The average Bonchev–Trinajstić information content (AvgIpc) is 2.06. The summed E-state index contributed by atoms with van der Waals surface area (Å²) >= 11 is 0. The minimum Gasteiger partial charge on any atom is -0.386 e. The Balaban J connectivity index is 2.41. The molecule has 2 atom stereocenters. The third-order valence-electron chi connectivity index (χ3n) is 2.50. The van der Waals surface area contributed by atoms with Gasteiger partial charge in [0.05, 0.1) is 6.61 Å². The molecule has 12 heavy (non-hydrogen) atoms. The van der Waals surface area contributed by atoms with E-state index in [1.54, 1.807) is 7.11 Å². The fourth-order valence-electron chi connectivity index (χ4n) is 1.78. The Kier molecular flexibility index (Phi) is 3.50. The van der Waals surface area contributed by atoms with Crippen LogP contribution in [0, 0.1) is 0 Å². The van der Waals surface area contributed by atoms with Crippen LogP contribution in [0.2, 0.25) is 0 Å². The first-order valence-corrected chi connectivity index (χ1v) is 4.61. The van der Waals surface area contributed by atoms with Crippen molar-refractivity contribution >= 4 is 0 Å². The van der Waals surface area contributed by atoms with Crippen LogP contribution >= 0.6 is 0 Å². The third-order valence-corrected chi connectivity index (χ3v) is 2.50. The standard InChI is InChI=1S/C9H19NO2/c1-9(11,7-12-2)8-5-3-4-6-10-8/h8,10-11H,3-7H2,1-2H3. The van der Waals surface area contributed by atoms with Gasteiger partial charge in [0.1, 0.15) is 5.60 Å². The number of methoxy groups -OCH3 is 1. The van der Waals surface area contributed by atoms with Crippen molar-refractivity contribution in [2.45, 2.75) is 37.8 Å². The molecule has 2 N–H and O–H groups in total. The second kappa shape index (κ2) is 4.21. The molecular formula is C9H19NO2. The van der Waals surface area contributed by atoms with Crippen molar-refractivity contribution in [2.75, 3.05) is 20.3 Å². The van der Waals surface area contributed by atoms with E-state index in [-0.39, 0.29) is 6.04 Å². The highest BCUT2D eigenvalue weighted by molar-refractivity contribution is 4.89. The fourth-order valence-corrected chi connectivity index (χ4v) is 1.78. The molecule has 1 aliphatic rings. The molecule has 1 fully saturated rings. The summed E-state index contributed by atoms with van der Waals surface area (Å²) in [6, 6.07) is 0.200. The van der Waals surface area contributed by atoms with Crippen molar-refractivity contribution in [1.29, 1.82) is 0 Å². The van der Waals surface area contributed by atoms with E-state index < -0.39 is 5.60 Å². The van der Waals surface area contributed by atoms with Gasteiger partial charge < -0.3 is 15.2 Å². The lowest BCUT2D eigenvalue weighted by Crippen LogP contribution is -2.53. The molecule has 1 rings (SSSR count). The SMILES string of the molecule is COCC(C)(O)C1CCCCN1. The van der Waals surface area contributed by atoms with Crippen LogP contribution < -0.4 is 5.32 Å². The normalized spacial score (nSPS) is 29.8. The molecule has 0 aromatic carbocycles. The minimum atomic E-state index is -0.713. The van der Waals surface area contributed by atoms with E-state index >= 15 is 0 Å². The summed E-state index contributed by atoms with van der Waals surface area (Å²) in [6.07, 6.45) is 3.48. The monoisotopic (exact) mass is 173 g/mol. The van der Waals surface area contributed by atoms with Crippen LogP contribution in [0.25, 0.3) is 0 Å². The number of nitrogens with one attached hydrogen (secondary N) is 1. The quantitative estimate of drug-likeness (QED) is 0.654. The maximum atomic E-state index is 9.95. The minimum absolute atomic E-state index is 0.200. The molecule has 0 aliphatic carbocycles. The number of hydrogen-bond acceptors (Lipinski definition) is 3. The smallest absolute Gasteiger partial charge is 0.100 e. The van der Waals surface area contributed by atoms with Crippen LogP contribution in [0.5, 0.6) is 0 Å². The van der Waals surface area contributed by atoms with E-state index in [1.807, 2.05) is 6.92 Å². The maximum absolute atomic E-state index is 9.95. The predicted octanol–water partition coefficient (Wildman–Crippen LogP) is 0.526. The highest BCUT2D eigenvalue weighted by atomic mass is 16.5. The third kappa shape index (κ3) is 2.44. The number of rotatable bonds is 3. The number of aliphatic hydroxyl groups is 1. The van der Waals surface area contributed by atoms with Gasteiger partial charge in [-0.05, 0) is 26.3 Å². The number of hydrogen-bond donors (Lipinski definition) is 2. The van der Waals surface area contributed by atoms with E-state index in [9.17, 15) is 5.11 Å². The number of ether oxygens (including phenoxy) is 1. The van der Waals surface area contributed by atoms with Crippen molar-refractivity contribution in [3.05, 3.63) is 0 Å². The fraction of sp³-hybridized carbons (Fsp3) is 1.00. The summed E-state index contributed by atoms with van der Waals surface area (Å²) in [5.41, 5.74) is -0.713. The second-order valence-electron chi connectivity index (χ2n) is 3.79. The summed E-state index contributed by atoms with van der Waals surface area (Å²) in [5, 5.41) is 13.3. The molecular weight excluding hydrogens is 154 g/mol. The molecule has 0 bridgehead atoms. The first kappa shape index (κ1) is 9.96. The molecule has 1 saturated heterocycles. The number of piperidine rings is 1. The van der Waals surface area contributed by atoms with E-state index in [2.05, 4.69) is 5.32 Å². The lowest BCUT2D eigenvalue weighted by molar-refractivity contribution is -0.0495. The molecule has 0 radical (unpaired) electrons. The highest BCUT2D eigenvalue weighted by Gasteiger charge is 2.32. The van der Waals surface area contributed by atoms with Crippen LogP contribution in [0.3, 0.4) is 0 Å². The zero-order valence-corrected chi connectivity index (χ0v) is 7.97. The van der Waals surface area contributed by atoms with Crippen LogP contribution in [0.4, 0.5) is 0 Å². The van der Waals surface area contributed by atoms with Crippen LogP contribution in [0.1, 0.15) is 26.2 Å². The Bertz CT molecular complexity index is 130. The summed E-state index contributed by atoms with van der Waals surface area (Å²) < 4.78 is 4.97. The van der Waals surface area contributed by atoms with E-state index in [0.29, 0.717) is 6.61 Å². The Morgan fingerprint density at radius 3 is 2.83 bits per heavy atom. The Labute approximate surface area is 74.1 Å². The zero-order valence-electron chi connectivity index (χ0n) is 7.97. The van der Waals surface area contributed by atoms with Crippen molar-refractivity contribution in [3.63, 3.8) is 0 Å². The molecule has 0 aromatic heterocycles. The molecule has 1 heterocycles. The molecule has 72 valence electrons. The summed E-state index contributed by atoms with van der Waals surface area (Å²) in [5.74, 6) is 0. The van der Waals surface area contributed by atoms with Gasteiger partial charge in [-0.25, -0.2) is 0 Å². The molecule has 0 aromatic rings. The first-order chi connectivity index (χ1) is 5.67. The Morgan fingerprint density at radius 1 is 1.58 bits per heavy atom. The van der Waals surface area contributed by atoms with E-state index in [1.165, 1.54) is 12.8 Å². The van der Waals surface area contributed by atoms with E-state index in [0.717, 1.165) is 13.0 Å². The maximum Gasteiger partial charge on any atom is 0.100 e. The van der Waals surface area contributed by atoms with Gasteiger partial charge in [0.15, 0.2) is 0 Å². The van der Waals surface area contributed by atoms with Crippen molar-refractivity contribution < 1.29 is 9.84 Å². The lowest BCUT2D eigenvalue weighted by Gasteiger charge is -2.35. The van der Waals surface area contributed by atoms with Gasteiger partial charge in [0.25, 0.3) is 0 Å². The molecule has 2 unspecified atom stereocenters. The molecule has 0 amide bonds. The van der Waals surface area contributed by atoms with Gasteiger partial charge in [-0.15, -0.1) is 0 Å². The Morgan fingerprint density at radius 2 is 2.33 bits per heavy atom. The van der Waals surface area contributed by atoms with Crippen LogP contribution in [-0.2, 0) is 4.74 Å². The van der Waals surface area contributed by atoms with Gasteiger partial charge in [-0.2, -0.15) is 0 Å². The van der Waals surface area contributed by atoms with Gasteiger partial charge in [0.2, 0.25) is 0 Å². The lowest BCUT2D eigenvalue weighted by atomic mass is 9.90. The van der Waals surface area contributed by atoms with Gasteiger partial charge in [-0.1, -0.05) is 6.42 Å². The molecule has 3 heteroatoms. The van der Waals surface area contributed by atoms with E-state index in [4.69, 9.17) is 4.74 Å². The average molecular weight is 173 g/mol. The van der Waals surface area contributed by atoms with Crippen LogP contribution in [-0.4, -0.2) is 37.0 Å². The van der Waals surface area contributed by atoms with Crippen molar-refractivity contribution in [3.8, 4) is 0 Å². The molecule has 0 saturated carbocycles. The largest absolute Gasteiger partial charge is 0.386 e. The second-order valence-corrected chi connectivity index (χ2v) is 3.79. The first-order valence-electron chi connectivity index (χ1n) is 4.61. The molecule has 0 spiro atoms. The Hall–Kier alpha value is -0.120. The summed E-state index contributed by atoms with van der Waals surface area (Å²) in [7, 11) is 1.62. The van der Waals surface area contributed by atoms with Gasteiger partial charge in [-0.3, -0.25) is 0 Å². The highest BCUT2D eigenvalue weighted by Crippen LogP contribution is 2.18.